The molecule has 0 aromatic heterocycles. The van der Waals surface area contributed by atoms with Gasteiger partial charge in [0, 0.05) is 24.7 Å². The predicted molar refractivity (Wildman–Crippen MR) is 86.7 cm³/mol. The Hall–Kier alpha value is -2.75. The molecule has 22 heavy (non-hydrogen) atoms. The van der Waals surface area contributed by atoms with Gasteiger partial charge in [0.25, 0.3) is 5.95 Å². The number of halogens is 1. The molecule has 2 N–H and O–H groups in total. The van der Waals surface area contributed by atoms with E-state index in [1.807, 2.05) is 18.2 Å². The standard InChI is InChI=1S/C18H18FNO2/c1-20(13-7-11-14-8-5-6-12-16(14)19)17(18(21)22)15-9-3-2-4-10-15/h2-12,21-22H,13H2,1H3/b11-7+. The second-order valence-corrected chi connectivity index (χ2v) is 4.84. The third-order valence-corrected chi connectivity index (χ3v) is 3.22. The normalized spacial score (nSPS) is 10.6. The molecule has 0 aliphatic heterocycles. The van der Waals surface area contributed by atoms with Gasteiger partial charge in [0.15, 0.2) is 0 Å². The Kier molecular flexibility index (Phi) is 5.20. The number of aliphatic hydroxyl groups is 2. The summed E-state index contributed by atoms with van der Waals surface area (Å²) >= 11 is 0. The van der Waals surface area contributed by atoms with Crippen molar-refractivity contribution in [1.29, 1.82) is 0 Å². The summed E-state index contributed by atoms with van der Waals surface area (Å²) in [7, 11) is 1.74. The van der Waals surface area contributed by atoms with Gasteiger partial charge in [-0.1, -0.05) is 60.7 Å². The van der Waals surface area contributed by atoms with Crippen molar-refractivity contribution < 1.29 is 14.6 Å². The minimum absolute atomic E-state index is 0.287. The summed E-state index contributed by atoms with van der Waals surface area (Å²) in [6.45, 7) is 0.406. The van der Waals surface area contributed by atoms with Crippen molar-refractivity contribution >= 4 is 11.8 Å². The van der Waals surface area contributed by atoms with Crippen molar-refractivity contribution in [2.75, 3.05) is 13.6 Å². The molecule has 0 radical (unpaired) electrons. The number of hydrogen-bond acceptors (Lipinski definition) is 3. The van der Waals surface area contributed by atoms with Gasteiger partial charge in [-0.15, -0.1) is 0 Å². The molecular weight excluding hydrogens is 281 g/mol. The van der Waals surface area contributed by atoms with Crippen molar-refractivity contribution in [2.45, 2.75) is 0 Å². The van der Waals surface area contributed by atoms with E-state index in [9.17, 15) is 14.6 Å². The van der Waals surface area contributed by atoms with E-state index in [0.717, 1.165) is 0 Å². The van der Waals surface area contributed by atoms with Gasteiger partial charge >= 0.3 is 0 Å². The van der Waals surface area contributed by atoms with Crippen LogP contribution in [0, 0.1) is 5.82 Å². The van der Waals surface area contributed by atoms with Crippen LogP contribution in [-0.4, -0.2) is 28.7 Å². The molecule has 0 saturated carbocycles. The molecule has 114 valence electrons. The highest BCUT2D eigenvalue weighted by Crippen LogP contribution is 2.20. The van der Waals surface area contributed by atoms with Gasteiger partial charge in [-0.05, 0) is 6.07 Å². The quantitative estimate of drug-likeness (QED) is 0.813. The summed E-state index contributed by atoms with van der Waals surface area (Å²) in [5, 5.41) is 19.0. The monoisotopic (exact) mass is 299 g/mol. The minimum Gasteiger partial charge on any atom is -0.480 e. The smallest absolute Gasteiger partial charge is 0.299 e. The highest BCUT2D eigenvalue weighted by molar-refractivity contribution is 5.64. The number of benzene rings is 2. The van der Waals surface area contributed by atoms with Crippen LogP contribution in [-0.2, 0) is 0 Å². The fraction of sp³-hybridized carbons (Fsp3) is 0.111. The average Bonchev–Trinajstić information content (AvgIpc) is 2.50. The van der Waals surface area contributed by atoms with Gasteiger partial charge in [-0.3, -0.25) is 0 Å². The molecule has 3 nitrogen and oxygen atoms in total. The summed E-state index contributed by atoms with van der Waals surface area (Å²) in [5.74, 6) is -1.03. The Morgan fingerprint density at radius 1 is 1.05 bits per heavy atom. The van der Waals surface area contributed by atoms with E-state index >= 15 is 0 Å². The molecule has 0 fully saturated rings. The fourth-order valence-corrected chi connectivity index (χ4v) is 2.16. The number of rotatable bonds is 5. The second-order valence-electron chi connectivity index (χ2n) is 4.84. The lowest BCUT2D eigenvalue weighted by atomic mass is 10.1. The van der Waals surface area contributed by atoms with Gasteiger partial charge in [0.05, 0.1) is 0 Å². The van der Waals surface area contributed by atoms with Crippen LogP contribution in [0.15, 0.2) is 66.6 Å². The molecule has 4 heteroatoms. The molecular formula is C18H18FNO2. The first-order chi connectivity index (χ1) is 10.6. The van der Waals surface area contributed by atoms with Crippen LogP contribution >= 0.6 is 0 Å². The maximum Gasteiger partial charge on any atom is 0.299 e. The molecule has 0 heterocycles. The lowest BCUT2D eigenvalue weighted by Crippen LogP contribution is -2.18. The highest BCUT2D eigenvalue weighted by atomic mass is 19.1. The SMILES string of the molecule is CN(C/C=C/c1ccccc1F)C(=C(O)O)c1ccccc1. The maximum atomic E-state index is 13.5. The van der Waals surface area contributed by atoms with Crippen LogP contribution in [0.5, 0.6) is 0 Å². The van der Waals surface area contributed by atoms with E-state index in [2.05, 4.69) is 0 Å². The van der Waals surface area contributed by atoms with E-state index in [1.54, 1.807) is 54.4 Å². The van der Waals surface area contributed by atoms with Gasteiger partial charge < -0.3 is 15.1 Å². The van der Waals surface area contributed by atoms with Gasteiger partial charge in [-0.25, -0.2) is 4.39 Å². The molecule has 0 saturated heterocycles. The lowest BCUT2D eigenvalue weighted by molar-refractivity contribution is 0.186. The zero-order valence-electron chi connectivity index (χ0n) is 12.3. The topological polar surface area (TPSA) is 43.7 Å². The van der Waals surface area contributed by atoms with Gasteiger partial charge in [-0.2, -0.15) is 0 Å². The Bertz CT molecular complexity index is 676. The second kappa shape index (κ2) is 7.31. The zero-order chi connectivity index (χ0) is 15.9. The molecule has 0 aliphatic carbocycles. The summed E-state index contributed by atoms with van der Waals surface area (Å²) in [5.41, 5.74) is 1.51. The van der Waals surface area contributed by atoms with Crippen molar-refractivity contribution in [3.63, 3.8) is 0 Å². The van der Waals surface area contributed by atoms with E-state index in [0.29, 0.717) is 23.4 Å². The molecule has 0 atom stereocenters. The van der Waals surface area contributed by atoms with Crippen LogP contribution < -0.4 is 0 Å². The van der Waals surface area contributed by atoms with Gasteiger partial charge in [0.2, 0.25) is 0 Å². The third kappa shape index (κ3) is 3.88. The first kappa shape index (κ1) is 15.6. The number of nitrogens with zero attached hydrogens (tertiary/aromatic N) is 1. The Labute approximate surface area is 129 Å². The van der Waals surface area contributed by atoms with Crippen molar-refractivity contribution in [3.8, 4) is 0 Å². The molecule has 2 aromatic rings. The predicted octanol–water partition coefficient (Wildman–Crippen LogP) is 4.21. The van der Waals surface area contributed by atoms with Crippen LogP contribution in [0.4, 0.5) is 4.39 Å². The van der Waals surface area contributed by atoms with Crippen LogP contribution in [0.3, 0.4) is 0 Å². The summed E-state index contributed by atoms with van der Waals surface area (Å²) < 4.78 is 13.5. The number of likely N-dealkylation sites (N-methyl/N-ethyl adjacent to an activating group) is 1. The Morgan fingerprint density at radius 3 is 2.32 bits per heavy atom. The van der Waals surface area contributed by atoms with Crippen LogP contribution in [0.1, 0.15) is 11.1 Å². The van der Waals surface area contributed by atoms with E-state index < -0.39 is 5.95 Å². The summed E-state index contributed by atoms with van der Waals surface area (Å²) in [4.78, 5) is 1.68. The maximum absolute atomic E-state index is 13.5. The number of hydrogen-bond donors (Lipinski definition) is 2. The molecule has 0 bridgehead atoms. The molecule has 0 unspecified atom stereocenters. The van der Waals surface area contributed by atoms with Crippen molar-refractivity contribution in [1.82, 2.24) is 4.90 Å². The summed E-state index contributed by atoms with van der Waals surface area (Å²) in [6.07, 6.45) is 3.44. The van der Waals surface area contributed by atoms with Crippen LogP contribution in [0.2, 0.25) is 0 Å². The Balaban J connectivity index is 2.12. The van der Waals surface area contributed by atoms with Gasteiger partial charge in [0.1, 0.15) is 11.5 Å². The first-order valence-electron chi connectivity index (χ1n) is 6.89. The highest BCUT2D eigenvalue weighted by Gasteiger charge is 2.12. The van der Waals surface area contributed by atoms with Crippen molar-refractivity contribution in [2.24, 2.45) is 0 Å². The minimum atomic E-state index is -0.743. The molecule has 0 amide bonds. The van der Waals surface area contributed by atoms with E-state index in [4.69, 9.17) is 0 Å². The molecule has 2 rings (SSSR count). The molecule has 0 spiro atoms. The third-order valence-electron chi connectivity index (χ3n) is 3.22. The largest absolute Gasteiger partial charge is 0.480 e. The van der Waals surface area contributed by atoms with E-state index in [1.165, 1.54) is 6.07 Å². The van der Waals surface area contributed by atoms with E-state index in [-0.39, 0.29) is 5.82 Å². The fourth-order valence-electron chi connectivity index (χ4n) is 2.16. The Morgan fingerprint density at radius 2 is 1.68 bits per heavy atom. The first-order valence-corrected chi connectivity index (χ1v) is 6.89. The number of aliphatic hydroxyl groups excluding tert-OH is 1. The lowest BCUT2D eigenvalue weighted by Gasteiger charge is -2.20. The zero-order valence-corrected chi connectivity index (χ0v) is 12.3. The average molecular weight is 299 g/mol. The molecule has 2 aromatic carbocycles. The molecule has 0 aliphatic rings. The summed E-state index contributed by atoms with van der Waals surface area (Å²) in [6, 6.07) is 15.6. The van der Waals surface area contributed by atoms with Crippen LogP contribution in [0.25, 0.3) is 11.8 Å². The van der Waals surface area contributed by atoms with Crippen molar-refractivity contribution in [3.05, 3.63) is 83.6 Å².